The van der Waals surface area contributed by atoms with Gasteiger partial charge in [-0.15, -0.1) is 0 Å². The number of rotatable bonds is 5. The Kier molecular flexibility index (Phi) is 5.20. The molecule has 3 nitrogen and oxygen atoms in total. The van der Waals surface area contributed by atoms with Crippen LogP contribution in [0.1, 0.15) is 44.2 Å². The van der Waals surface area contributed by atoms with E-state index in [2.05, 4.69) is 27.0 Å². The molecule has 1 fully saturated rings. The van der Waals surface area contributed by atoms with Crippen molar-refractivity contribution in [1.82, 2.24) is 10.2 Å². The summed E-state index contributed by atoms with van der Waals surface area (Å²) in [6.45, 7) is 4.95. The predicted octanol–water partition coefficient (Wildman–Crippen LogP) is 2.80. The van der Waals surface area contributed by atoms with E-state index in [0.717, 1.165) is 19.6 Å². The third kappa shape index (κ3) is 3.56. The van der Waals surface area contributed by atoms with Crippen LogP contribution >= 0.6 is 11.3 Å². The van der Waals surface area contributed by atoms with E-state index in [-0.39, 0.29) is 5.91 Å². The van der Waals surface area contributed by atoms with Crippen LogP contribution in [-0.4, -0.2) is 30.4 Å². The van der Waals surface area contributed by atoms with Gasteiger partial charge in [0.2, 0.25) is 5.91 Å². The van der Waals surface area contributed by atoms with Gasteiger partial charge in [0.05, 0.1) is 6.04 Å². The highest BCUT2D eigenvalue weighted by Crippen LogP contribution is 2.25. The number of hydrogen-bond donors (Lipinski definition) is 1. The summed E-state index contributed by atoms with van der Waals surface area (Å²) in [6.07, 6.45) is 4.47. The number of carbonyl (C=O) groups is 1. The SMILES string of the molecule is CCC(=O)NCC(c1ccsc1)N1CCCCC1. The summed E-state index contributed by atoms with van der Waals surface area (Å²) >= 11 is 1.73. The molecule has 4 heteroatoms. The number of likely N-dealkylation sites (tertiary alicyclic amines) is 1. The van der Waals surface area contributed by atoms with Crippen LogP contribution in [-0.2, 0) is 4.79 Å². The van der Waals surface area contributed by atoms with Gasteiger partial charge in [-0.2, -0.15) is 11.3 Å². The highest BCUT2D eigenvalue weighted by atomic mass is 32.1. The van der Waals surface area contributed by atoms with Gasteiger partial charge >= 0.3 is 0 Å². The minimum atomic E-state index is 0.146. The van der Waals surface area contributed by atoms with Crippen LogP contribution in [0.3, 0.4) is 0 Å². The monoisotopic (exact) mass is 266 g/mol. The van der Waals surface area contributed by atoms with E-state index in [4.69, 9.17) is 0 Å². The van der Waals surface area contributed by atoms with Crippen molar-refractivity contribution in [2.24, 2.45) is 0 Å². The first-order chi connectivity index (χ1) is 8.81. The minimum absolute atomic E-state index is 0.146. The van der Waals surface area contributed by atoms with Gasteiger partial charge in [-0.25, -0.2) is 0 Å². The number of piperidine rings is 1. The van der Waals surface area contributed by atoms with Gasteiger partial charge in [0, 0.05) is 13.0 Å². The molecule has 1 saturated heterocycles. The molecule has 0 spiro atoms. The molecule has 1 N–H and O–H groups in total. The van der Waals surface area contributed by atoms with E-state index in [9.17, 15) is 4.79 Å². The fraction of sp³-hybridized carbons (Fsp3) is 0.643. The first-order valence-electron chi connectivity index (χ1n) is 6.84. The summed E-state index contributed by atoms with van der Waals surface area (Å²) in [5, 5.41) is 7.37. The maximum absolute atomic E-state index is 11.4. The minimum Gasteiger partial charge on any atom is -0.354 e. The van der Waals surface area contributed by atoms with Crippen LogP contribution in [0.4, 0.5) is 0 Å². The average molecular weight is 266 g/mol. The van der Waals surface area contributed by atoms with Gasteiger partial charge in [-0.1, -0.05) is 13.3 Å². The summed E-state index contributed by atoms with van der Waals surface area (Å²) in [7, 11) is 0. The molecular weight excluding hydrogens is 244 g/mol. The molecule has 1 amide bonds. The quantitative estimate of drug-likeness (QED) is 0.889. The van der Waals surface area contributed by atoms with Crippen LogP contribution in [0, 0.1) is 0 Å². The molecule has 1 atom stereocenters. The second-order valence-electron chi connectivity index (χ2n) is 4.83. The molecule has 0 radical (unpaired) electrons. The molecule has 1 aliphatic rings. The van der Waals surface area contributed by atoms with Crippen molar-refractivity contribution >= 4 is 17.2 Å². The molecule has 2 heterocycles. The molecule has 100 valence electrons. The first kappa shape index (κ1) is 13.6. The fourth-order valence-electron chi connectivity index (χ4n) is 2.49. The van der Waals surface area contributed by atoms with E-state index in [1.165, 1.54) is 24.8 Å². The molecule has 0 aliphatic carbocycles. The van der Waals surface area contributed by atoms with Gasteiger partial charge in [-0.3, -0.25) is 9.69 Å². The highest BCUT2D eigenvalue weighted by molar-refractivity contribution is 7.07. The fourth-order valence-corrected chi connectivity index (χ4v) is 3.19. The van der Waals surface area contributed by atoms with E-state index in [0.29, 0.717) is 12.5 Å². The Bertz CT molecular complexity index is 358. The molecule has 18 heavy (non-hydrogen) atoms. The van der Waals surface area contributed by atoms with Gasteiger partial charge in [0.15, 0.2) is 0 Å². The first-order valence-corrected chi connectivity index (χ1v) is 7.78. The molecule has 0 bridgehead atoms. The summed E-state index contributed by atoms with van der Waals surface area (Å²) in [5.74, 6) is 0.146. The Morgan fingerprint density at radius 1 is 1.44 bits per heavy atom. The lowest BCUT2D eigenvalue weighted by Gasteiger charge is -2.34. The Hall–Kier alpha value is -0.870. The van der Waals surface area contributed by atoms with Crippen molar-refractivity contribution < 1.29 is 4.79 Å². The Morgan fingerprint density at radius 2 is 2.22 bits per heavy atom. The summed E-state index contributed by atoms with van der Waals surface area (Å²) < 4.78 is 0. The van der Waals surface area contributed by atoms with Crippen LogP contribution in [0.2, 0.25) is 0 Å². The van der Waals surface area contributed by atoms with Gasteiger partial charge in [0.1, 0.15) is 0 Å². The van der Waals surface area contributed by atoms with Gasteiger partial charge in [0.25, 0.3) is 0 Å². The van der Waals surface area contributed by atoms with Crippen molar-refractivity contribution in [2.45, 2.75) is 38.6 Å². The Labute approximate surface area is 113 Å². The van der Waals surface area contributed by atoms with Crippen LogP contribution < -0.4 is 5.32 Å². The van der Waals surface area contributed by atoms with Crippen molar-refractivity contribution in [3.63, 3.8) is 0 Å². The second-order valence-corrected chi connectivity index (χ2v) is 5.61. The average Bonchev–Trinajstić information content (AvgIpc) is 2.94. The van der Waals surface area contributed by atoms with E-state index >= 15 is 0 Å². The smallest absolute Gasteiger partial charge is 0.219 e. The molecule has 2 rings (SSSR count). The third-order valence-corrected chi connectivity index (χ3v) is 4.27. The van der Waals surface area contributed by atoms with Crippen LogP contribution in [0.15, 0.2) is 16.8 Å². The summed E-state index contributed by atoms with van der Waals surface area (Å²) in [6, 6.07) is 2.54. The molecular formula is C14H22N2OS. The van der Waals surface area contributed by atoms with Gasteiger partial charge in [-0.05, 0) is 48.3 Å². The normalized spacial score (nSPS) is 18.5. The third-order valence-electron chi connectivity index (χ3n) is 3.57. The van der Waals surface area contributed by atoms with Crippen molar-refractivity contribution in [3.05, 3.63) is 22.4 Å². The van der Waals surface area contributed by atoms with E-state index in [1.807, 2.05) is 6.92 Å². The molecule has 0 saturated carbocycles. The number of carbonyl (C=O) groups excluding carboxylic acids is 1. The maximum Gasteiger partial charge on any atom is 0.219 e. The van der Waals surface area contributed by atoms with E-state index < -0.39 is 0 Å². The number of amides is 1. The molecule has 1 aliphatic heterocycles. The van der Waals surface area contributed by atoms with Gasteiger partial charge < -0.3 is 5.32 Å². The molecule has 0 aromatic carbocycles. The topological polar surface area (TPSA) is 32.3 Å². The van der Waals surface area contributed by atoms with E-state index in [1.54, 1.807) is 11.3 Å². The largest absolute Gasteiger partial charge is 0.354 e. The zero-order chi connectivity index (χ0) is 12.8. The second kappa shape index (κ2) is 6.90. The lowest BCUT2D eigenvalue weighted by Crippen LogP contribution is -2.40. The predicted molar refractivity (Wildman–Crippen MR) is 75.8 cm³/mol. The number of nitrogens with zero attached hydrogens (tertiary/aromatic N) is 1. The summed E-state index contributed by atoms with van der Waals surface area (Å²) in [5.41, 5.74) is 1.35. The highest BCUT2D eigenvalue weighted by Gasteiger charge is 2.22. The van der Waals surface area contributed by atoms with Crippen molar-refractivity contribution in [2.75, 3.05) is 19.6 Å². The zero-order valence-electron chi connectivity index (χ0n) is 11.0. The lowest BCUT2D eigenvalue weighted by atomic mass is 10.0. The number of hydrogen-bond acceptors (Lipinski definition) is 3. The lowest BCUT2D eigenvalue weighted by molar-refractivity contribution is -0.121. The molecule has 1 unspecified atom stereocenters. The Balaban J connectivity index is 2.00. The Morgan fingerprint density at radius 3 is 2.83 bits per heavy atom. The number of nitrogens with one attached hydrogen (secondary N) is 1. The molecule has 1 aromatic heterocycles. The standard InChI is InChI=1S/C14H22N2OS/c1-2-14(17)15-10-13(12-6-9-18-11-12)16-7-4-3-5-8-16/h6,9,11,13H,2-5,7-8,10H2,1H3,(H,15,17). The van der Waals surface area contributed by atoms with Crippen LogP contribution in [0.25, 0.3) is 0 Å². The van der Waals surface area contributed by atoms with Crippen LogP contribution in [0.5, 0.6) is 0 Å². The number of thiophene rings is 1. The van der Waals surface area contributed by atoms with Crippen molar-refractivity contribution in [3.8, 4) is 0 Å². The van der Waals surface area contributed by atoms with Crippen molar-refractivity contribution in [1.29, 1.82) is 0 Å². The molecule has 1 aromatic rings. The zero-order valence-corrected chi connectivity index (χ0v) is 11.8. The summed E-state index contributed by atoms with van der Waals surface area (Å²) in [4.78, 5) is 14.0. The maximum atomic E-state index is 11.4.